The number of hydrogen-bond donors (Lipinski definition) is 1. The second-order valence-corrected chi connectivity index (χ2v) is 4.62. The lowest BCUT2D eigenvalue weighted by molar-refractivity contribution is 0.264. The first-order chi connectivity index (χ1) is 8.69. The Bertz CT molecular complexity index is 527. The molecule has 0 fully saturated rings. The summed E-state index contributed by atoms with van der Waals surface area (Å²) in [5.74, 6) is 1.69. The van der Waals surface area contributed by atoms with E-state index in [0.717, 1.165) is 5.76 Å². The van der Waals surface area contributed by atoms with Crippen LogP contribution in [0.1, 0.15) is 11.5 Å². The summed E-state index contributed by atoms with van der Waals surface area (Å²) in [6.45, 7) is 0.956. The third-order valence-electron chi connectivity index (χ3n) is 2.34. The van der Waals surface area contributed by atoms with Gasteiger partial charge in [-0.15, -0.1) is 0 Å². The zero-order valence-electron chi connectivity index (χ0n) is 9.87. The number of nitrogens with one attached hydrogen (secondary N) is 1. The van der Waals surface area contributed by atoms with E-state index in [1.165, 1.54) is 6.07 Å². The minimum atomic E-state index is -0.345. The topological polar surface area (TPSA) is 34.4 Å². The van der Waals surface area contributed by atoms with E-state index in [2.05, 4.69) is 21.2 Å². The highest BCUT2D eigenvalue weighted by atomic mass is 79.9. The van der Waals surface area contributed by atoms with Gasteiger partial charge in [-0.3, -0.25) is 0 Å². The molecule has 1 N–H and O–H groups in total. The highest BCUT2D eigenvalue weighted by molar-refractivity contribution is 9.10. The van der Waals surface area contributed by atoms with Crippen LogP contribution in [0.3, 0.4) is 0 Å². The molecule has 0 saturated carbocycles. The third kappa shape index (κ3) is 3.34. The monoisotopic (exact) mass is 313 g/mol. The van der Waals surface area contributed by atoms with Crippen LogP contribution in [0.5, 0.6) is 5.75 Å². The highest BCUT2D eigenvalue weighted by Crippen LogP contribution is 2.22. The van der Waals surface area contributed by atoms with Crippen molar-refractivity contribution in [1.82, 2.24) is 5.32 Å². The van der Waals surface area contributed by atoms with Gasteiger partial charge in [0.15, 0.2) is 0 Å². The molecule has 3 nitrogen and oxygen atoms in total. The Labute approximate surface area is 113 Å². The molecule has 1 aromatic heterocycles. The van der Waals surface area contributed by atoms with E-state index in [-0.39, 0.29) is 12.4 Å². The predicted octanol–water partition coefficient (Wildman–Crippen LogP) is 3.48. The van der Waals surface area contributed by atoms with Gasteiger partial charge in [-0.1, -0.05) is 0 Å². The van der Waals surface area contributed by atoms with Crippen molar-refractivity contribution in [2.24, 2.45) is 0 Å². The highest BCUT2D eigenvalue weighted by Gasteiger charge is 2.04. The molecular formula is C13H13BrFNO2. The fourth-order valence-corrected chi connectivity index (χ4v) is 1.74. The molecule has 0 aliphatic heterocycles. The van der Waals surface area contributed by atoms with E-state index < -0.39 is 0 Å². The van der Waals surface area contributed by atoms with E-state index in [1.807, 2.05) is 19.2 Å². The standard InChI is InChI=1S/C13H13BrFNO2/c1-16-7-10-2-3-11(18-10)8-17-9-4-5-12(14)13(15)6-9/h2-6,16H,7-8H2,1H3. The molecule has 0 amide bonds. The van der Waals surface area contributed by atoms with Crippen LogP contribution in [-0.4, -0.2) is 7.05 Å². The number of furan rings is 1. The molecule has 0 atom stereocenters. The lowest BCUT2D eigenvalue weighted by Crippen LogP contribution is -2.03. The smallest absolute Gasteiger partial charge is 0.146 e. The number of ether oxygens (including phenoxy) is 1. The molecule has 0 saturated heterocycles. The average Bonchev–Trinajstić information content (AvgIpc) is 2.79. The maximum absolute atomic E-state index is 13.3. The van der Waals surface area contributed by atoms with Gasteiger partial charge in [0, 0.05) is 6.07 Å². The van der Waals surface area contributed by atoms with Crippen LogP contribution in [0.4, 0.5) is 4.39 Å². The second kappa shape index (κ2) is 6.02. The minimum absolute atomic E-state index is 0.283. The molecule has 0 bridgehead atoms. The van der Waals surface area contributed by atoms with E-state index in [1.54, 1.807) is 12.1 Å². The van der Waals surface area contributed by atoms with Crippen molar-refractivity contribution in [1.29, 1.82) is 0 Å². The van der Waals surface area contributed by atoms with E-state index >= 15 is 0 Å². The Kier molecular flexibility index (Phi) is 4.38. The fraction of sp³-hybridized carbons (Fsp3) is 0.231. The van der Waals surface area contributed by atoms with Gasteiger partial charge in [-0.05, 0) is 47.2 Å². The van der Waals surface area contributed by atoms with Gasteiger partial charge >= 0.3 is 0 Å². The molecule has 18 heavy (non-hydrogen) atoms. The summed E-state index contributed by atoms with van der Waals surface area (Å²) in [4.78, 5) is 0. The first kappa shape index (κ1) is 13.1. The van der Waals surface area contributed by atoms with E-state index in [9.17, 15) is 4.39 Å². The van der Waals surface area contributed by atoms with Crippen molar-refractivity contribution in [3.63, 3.8) is 0 Å². The van der Waals surface area contributed by atoms with Crippen molar-refractivity contribution in [2.75, 3.05) is 7.05 Å². The summed E-state index contributed by atoms with van der Waals surface area (Å²) in [7, 11) is 1.85. The normalized spacial score (nSPS) is 10.6. The van der Waals surface area contributed by atoms with Crippen LogP contribution in [0.2, 0.25) is 0 Å². The maximum Gasteiger partial charge on any atom is 0.146 e. The second-order valence-electron chi connectivity index (χ2n) is 3.76. The average molecular weight is 314 g/mol. The largest absolute Gasteiger partial charge is 0.486 e. The van der Waals surface area contributed by atoms with Gasteiger partial charge < -0.3 is 14.5 Å². The summed E-state index contributed by atoms with van der Waals surface area (Å²) in [6.07, 6.45) is 0. The van der Waals surface area contributed by atoms with E-state index in [4.69, 9.17) is 9.15 Å². The Balaban J connectivity index is 1.95. The zero-order chi connectivity index (χ0) is 13.0. The van der Waals surface area contributed by atoms with Gasteiger partial charge in [0.25, 0.3) is 0 Å². The number of hydrogen-bond acceptors (Lipinski definition) is 3. The molecule has 1 aromatic carbocycles. The molecule has 1 heterocycles. The Morgan fingerprint density at radius 3 is 2.78 bits per heavy atom. The molecular weight excluding hydrogens is 301 g/mol. The van der Waals surface area contributed by atoms with Gasteiger partial charge in [-0.25, -0.2) is 4.39 Å². The van der Waals surface area contributed by atoms with Crippen molar-refractivity contribution in [3.05, 3.63) is 52.1 Å². The van der Waals surface area contributed by atoms with Gasteiger partial charge in [0.05, 0.1) is 11.0 Å². The summed E-state index contributed by atoms with van der Waals surface area (Å²) >= 11 is 3.09. The van der Waals surface area contributed by atoms with Crippen LogP contribution < -0.4 is 10.1 Å². The molecule has 96 valence electrons. The summed E-state index contributed by atoms with van der Waals surface area (Å²) in [5, 5.41) is 3.00. The van der Waals surface area contributed by atoms with Crippen LogP contribution in [0.25, 0.3) is 0 Å². The molecule has 0 unspecified atom stereocenters. The number of halogens is 2. The van der Waals surface area contributed by atoms with Crippen LogP contribution in [0, 0.1) is 5.82 Å². The Morgan fingerprint density at radius 2 is 2.06 bits per heavy atom. The Morgan fingerprint density at radius 1 is 1.28 bits per heavy atom. The van der Waals surface area contributed by atoms with Crippen molar-refractivity contribution in [2.45, 2.75) is 13.2 Å². The first-order valence-electron chi connectivity index (χ1n) is 5.49. The number of benzene rings is 1. The lowest BCUT2D eigenvalue weighted by Gasteiger charge is -2.04. The third-order valence-corrected chi connectivity index (χ3v) is 2.98. The van der Waals surface area contributed by atoms with Crippen molar-refractivity contribution in [3.8, 4) is 5.75 Å². The van der Waals surface area contributed by atoms with Gasteiger partial charge in [-0.2, -0.15) is 0 Å². The van der Waals surface area contributed by atoms with Crippen LogP contribution in [0.15, 0.2) is 39.2 Å². The quantitative estimate of drug-likeness (QED) is 0.917. The summed E-state index contributed by atoms with van der Waals surface area (Å²) < 4.78 is 24.6. The molecule has 5 heteroatoms. The zero-order valence-corrected chi connectivity index (χ0v) is 11.5. The Hall–Kier alpha value is -1.33. The fourth-order valence-electron chi connectivity index (χ4n) is 1.49. The van der Waals surface area contributed by atoms with E-state index in [0.29, 0.717) is 22.5 Å². The number of rotatable bonds is 5. The molecule has 2 rings (SSSR count). The van der Waals surface area contributed by atoms with Gasteiger partial charge in [0.2, 0.25) is 0 Å². The van der Waals surface area contributed by atoms with Gasteiger partial charge in [0.1, 0.15) is 29.7 Å². The molecule has 0 radical (unpaired) electrons. The SMILES string of the molecule is CNCc1ccc(COc2ccc(Br)c(F)c2)o1. The summed E-state index contributed by atoms with van der Waals surface area (Å²) in [5.41, 5.74) is 0. The first-order valence-corrected chi connectivity index (χ1v) is 6.28. The molecule has 0 aliphatic carbocycles. The maximum atomic E-state index is 13.3. The van der Waals surface area contributed by atoms with Crippen LogP contribution >= 0.6 is 15.9 Å². The minimum Gasteiger partial charge on any atom is -0.486 e. The molecule has 2 aromatic rings. The van der Waals surface area contributed by atoms with Crippen molar-refractivity contribution < 1.29 is 13.5 Å². The molecule has 0 spiro atoms. The molecule has 0 aliphatic rings. The lowest BCUT2D eigenvalue weighted by atomic mass is 10.3. The van der Waals surface area contributed by atoms with Crippen molar-refractivity contribution >= 4 is 15.9 Å². The predicted molar refractivity (Wildman–Crippen MR) is 69.9 cm³/mol. The summed E-state index contributed by atoms with van der Waals surface area (Å²) in [6, 6.07) is 8.38. The van der Waals surface area contributed by atoms with Crippen LogP contribution in [-0.2, 0) is 13.2 Å².